The molecule has 4 N–H and O–H groups in total. The molecule has 3 rings (SSSR count). The van der Waals surface area contributed by atoms with Gasteiger partial charge in [-0.25, -0.2) is 0 Å². The molecule has 2 saturated carbocycles. The van der Waals surface area contributed by atoms with Crippen LogP contribution in [0, 0.1) is 5.92 Å². The third kappa shape index (κ3) is 5.46. The monoisotopic (exact) mass is 400 g/mol. The van der Waals surface area contributed by atoms with Gasteiger partial charge in [-0.2, -0.15) is 0 Å². The first kappa shape index (κ1) is 23.0. The molecule has 2 aliphatic carbocycles. The van der Waals surface area contributed by atoms with E-state index < -0.39 is 11.5 Å². The van der Waals surface area contributed by atoms with Crippen molar-refractivity contribution in [3.63, 3.8) is 0 Å². The van der Waals surface area contributed by atoms with Gasteiger partial charge in [0.15, 0.2) is 0 Å². The van der Waals surface area contributed by atoms with Gasteiger partial charge in [0.1, 0.15) is 5.54 Å². The van der Waals surface area contributed by atoms with Gasteiger partial charge < -0.3 is 16.2 Å². The SMILES string of the molecule is CCC(=Cc1ccccc1)[C@@H]1C[C@H]1NC1CCC(N)(C(=O)O)CC1.Cl.Cl. The predicted molar refractivity (Wildman–Crippen MR) is 111 cm³/mol. The van der Waals surface area contributed by atoms with Crippen molar-refractivity contribution in [2.45, 2.75) is 63.1 Å². The van der Waals surface area contributed by atoms with Crippen LogP contribution in [0.2, 0.25) is 0 Å². The molecule has 2 fully saturated rings. The van der Waals surface area contributed by atoms with Gasteiger partial charge in [-0.1, -0.05) is 48.9 Å². The Morgan fingerprint density at radius 3 is 2.42 bits per heavy atom. The molecule has 2 atom stereocenters. The van der Waals surface area contributed by atoms with Crippen molar-refractivity contribution in [1.29, 1.82) is 0 Å². The molecule has 1 aromatic rings. The lowest BCUT2D eigenvalue weighted by Crippen LogP contribution is -2.53. The normalized spacial score (nSPS) is 30.7. The van der Waals surface area contributed by atoms with E-state index >= 15 is 0 Å². The molecule has 0 heterocycles. The lowest BCUT2D eigenvalue weighted by molar-refractivity contribution is -0.144. The second-order valence-corrected chi connectivity index (χ2v) is 7.33. The highest BCUT2D eigenvalue weighted by Gasteiger charge is 2.43. The summed E-state index contributed by atoms with van der Waals surface area (Å²) in [7, 11) is 0. The predicted octanol–water partition coefficient (Wildman–Crippen LogP) is 4.03. The largest absolute Gasteiger partial charge is 0.480 e. The van der Waals surface area contributed by atoms with Crippen molar-refractivity contribution in [2.75, 3.05) is 0 Å². The highest BCUT2D eigenvalue weighted by atomic mass is 35.5. The number of carbonyl (C=O) groups is 1. The molecule has 0 radical (unpaired) electrons. The number of nitrogens with one attached hydrogen (secondary N) is 1. The standard InChI is InChI=1S/C20H28N2O2.2ClH/c1-2-15(12-14-6-4-3-5-7-14)17-13-18(17)22-16-8-10-20(21,11-9-16)19(23)24;;/h3-7,12,16-18,22H,2,8-11,13,21H2,1H3,(H,23,24);2*1H/t16?,17-,18+,20?;;/m0../s1. The Labute approximate surface area is 168 Å². The van der Waals surface area contributed by atoms with E-state index in [4.69, 9.17) is 5.73 Å². The van der Waals surface area contributed by atoms with Gasteiger partial charge in [-0.3, -0.25) is 4.79 Å². The summed E-state index contributed by atoms with van der Waals surface area (Å²) in [6.07, 6.45) is 7.44. The maximum atomic E-state index is 11.2. The summed E-state index contributed by atoms with van der Waals surface area (Å²) in [4.78, 5) is 11.2. The molecule has 1 aromatic carbocycles. The fraction of sp³-hybridized carbons (Fsp3) is 0.550. The maximum Gasteiger partial charge on any atom is 0.323 e. The third-order valence-electron chi connectivity index (χ3n) is 5.58. The number of halogens is 2. The molecule has 2 aliphatic rings. The lowest BCUT2D eigenvalue weighted by Gasteiger charge is -2.34. The molecule has 0 bridgehead atoms. The number of carboxylic acid groups (broad SMARTS) is 1. The molecule has 0 amide bonds. The smallest absolute Gasteiger partial charge is 0.323 e. The zero-order valence-corrected chi connectivity index (χ0v) is 16.8. The first-order valence-electron chi connectivity index (χ1n) is 9.05. The first-order valence-corrected chi connectivity index (χ1v) is 9.05. The van der Waals surface area contributed by atoms with Crippen LogP contribution in [-0.2, 0) is 4.79 Å². The molecule has 6 heteroatoms. The van der Waals surface area contributed by atoms with Crippen molar-refractivity contribution in [2.24, 2.45) is 11.7 Å². The van der Waals surface area contributed by atoms with Crippen molar-refractivity contribution >= 4 is 36.9 Å². The average molecular weight is 401 g/mol. The van der Waals surface area contributed by atoms with Gasteiger partial charge in [-0.15, -0.1) is 24.8 Å². The summed E-state index contributed by atoms with van der Waals surface area (Å²) in [6.45, 7) is 2.22. The minimum Gasteiger partial charge on any atom is -0.480 e. The van der Waals surface area contributed by atoms with Crippen LogP contribution in [0.5, 0.6) is 0 Å². The Balaban J connectivity index is 0.00000169. The van der Waals surface area contributed by atoms with Gasteiger partial charge in [-0.05, 0) is 50.0 Å². The molecule has 4 nitrogen and oxygen atoms in total. The number of rotatable bonds is 6. The van der Waals surface area contributed by atoms with Crippen LogP contribution in [0.15, 0.2) is 35.9 Å². The highest BCUT2D eigenvalue weighted by Crippen LogP contribution is 2.41. The van der Waals surface area contributed by atoms with Gasteiger partial charge in [0.2, 0.25) is 0 Å². The quantitative estimate of drug-likeness (QED) is 0.673. The van der Waals surface area contributed by atoms with Crippen LogP contribution in [0.25, 0.3) is 6.08 Å². The molecular formula is C20H30Cl2N2O2. The fourth-order valence-electron chi connectivity index (χ4n) is 3.84. The summed E-state index contributed by atoms with van der Waals surface area (Å²) in [5.41, 5.74) is 7.72. The van der Waals surface area contributed by atoms with Gasteiger partial charge in [0.05, 0.1) is 0 Å². The number of carboxylic acids is 1. The molecule has 0 saturated heterocycles. The van der Waals surface area contributed by atoms with E-state index in [2.05, 4.69) is 42.6 Å². The minimum absolute atomic E-state index is 0. The second-order valence-electron chi connectivity index (χ2n) is 7.33. The van der Waals surface area contributed by atoms with Gasteiger partial charge >= 0.3 is 5.97 Å². The molecule has 0 aliphatic heterocycles. The Morgan fingerprint density at radius 2 is 1.88 bits per heavy atom. The topological polar surface area (TPSA) is 75.3 Å². The maximum absolute atomic E-state index is 11.2. The van der Waals surface area contributed by atoms with Crippen LogP contribution in [0.4, 0.5) is 0 Å². The van der Waals surface area contributed by atoms with E-state index in [1.807, 2.05) is 6.07 Å². The molecule has 146 valence electrons. The van der Waals surface area contributed by atoms with Crippen molar-refractivity contribution in [3.8, 4) is 0 Å². The number of aliphatic carboxylic acids is 1. The zero-order chi connectivity index (χ0) is 17.2. The van der Waals surface area contributed by atoms with E-state index in [0.717, 1.165) is 19.3 Å². The van der Waals surface area contributed by atoms with E-state index in [9.17, 15) is 9.90 Å². The molecule has 0 spiro atoms. The second kappa shape index (κ2) is 9.75. The highest BCUT2D eigenvalue weighted by molar-refractivity contribution is 5.85. The Hall–Kier alpha value is -1.07. The van der Waals surface area contributed by atoms with Crippen molar-refractivity contribution < 1.29 is 9.90 Å². The molecule has 26 heavy (non-hydrogen) atoms. The summed E-state index contributed by atoms with van der Waals surface area (Å²) in [5.74, 6) is -0.233. The Bertz CT molecular complexity index is 613. The molecule has 0 aromatic heterocycles. The van der Waals surface area contributed by atoms with Crippen LogP contribution < -0.4 is 11.1 Å². The van der Waals surface area contributed by atoms with E-state index in [1.54, 1.807) is 0 Å². The first-order chi connectivity index (χ1) is 11.5. The van der Waals surface area contributed by atoms with Gasteiger partial charge in [0.25, 0.3) is 0 Å². The van der Waals surface area contributed by atoms with Crippen molar-refractivity contribution in [3.05, 3.63) is 41.5 Å². The number of hydrogen-bond donors (Lipinski definition) is 3. The summed E-state index contributed by atoms with van der Waals surface area (Å²) >= 11 is 0. The Kier molecular flexibility index (Phi) is 8.61. The van der Waals surface area contributed by atoms with Crippen LogP contribution in [0.3, 0.4) is 0 Å². The fourth-order valence-corrected chi connectivity index (χ4v) is 3.84. The van der Waals surface area contributed by atoms with E-state index in [1.165, 1.54) is 17.6 Å². The molecular weight excluding hydrogens is 371 g/mol. The van der Waals surface area contributed by atoms with E-state index in [-0.39, 0.29) is 24.8 Å². The van der Waals surface area contributed by atoms with E-state index in [0.29, 0.717) is 30.8 Å². The summed E-state index contributed by atoms with van der Waals surface area (Å²) < 4.78 is 0. The zero-order valence-electron chi connectivity index (χ0n) is 15.2. The van der Waals surface area contributed by atoms with Crippen LogP contribution in [0.1, 0.15) is 51.0 Å². The average Bonchev–Trinajstić information content (AvgIpc) is 3.34. The minimum atomic E-state index is -1.01. The number of nitrogens with two attached hydrogens (primary N) is 1. The number of benzene rings is 1. The van der Waals surface area contributed by atoms with Crippen molar-refractivity contribution in [1.82, 2.24) is 5.32 Å². The summed E-state index contributed by atoms with van der Waals surface area (Å²) in [6, 6.07) is 11.4. The number of hydrogen-bond acceptors (Lipinski definition) is 3. The molecule has 0 unspecified atom stereocenters. The summed E-state index contributed by atoms with van der Waals surface area (Å²) in [5, 5.41) is 12.9. The van der Waals surface area contributed by atoms with Crippen LogP contribution in [-0.4, -0.2) is 28.7 Å². The van der Waals surface area contributed by atoms with Crippen LogP contribution >= 0.6 is 24.8 Å². The lowest BCUT2D eigenvalue weighted by atomic mass is 9.80. The third-order valence-corrected chi connectivity index (χ3v) is 5.58. The Morgan fingerprint density at radius 1 is 1.27 bits per heavy atom. The van der Waals surface area contributed by atoms with Gasteiger partial charge in [0, 0.05) is 12.1 Å².